The number of nitrogens with zero attached hydrogens (tertiary/aromatic N) is 1. The Morgan fingerprint density at radius 3 is 2.62 bits per heavy atom. The van der Waals surface area contributed by atoms with Gasteiger partial charge in [-0.25, -0.2) is 0 Å². The average Bonchev–Trinajstić information content (AvgIpc) is 2.91. The summed E-state index contributed by atoms with van der Waals surface area (Å²) >= 11 is 0. The van der Waals surface area contributed by atoms with Gasteiger partial charge in [0, 0.05) is 23.1 Å². The number of nitrogen functional groups attached to an aromatic ring is 1. The zero-order valence-corrected chi connectivity index (χ0v) is 15.5. The van der Waals surface area contributed by atoms with Crippen molar-refractivity contribution in [3.8, 4) is 5.88 Å². The summed E-state index contributed by atoms with van der Waals surface area (Å²) in [7, 11) is 0. The van der Waals surface area contributed by atoms with Crippen molar-refractivity contribution >= 4 is 28.0 Å². The van der Waals surface area contributed by atoms with E-state index in [4.69, 9.17) is 5.73 Å². The molecule has 3 aromatic rings. The van der Waals surface area contributed by atoms with Crippen LogP contribution in [0.15, 0.2) is 47.5 Å². The summed E-state index contributed by atoms with van der Waals surface area (Å²) in [5.41, 5.74) is 10.9. The molecule has 5 nitrogen and oxygen atoms in total. The van der Waals surface area contributed by atoms with E-state index < -0.39 is 0 Å². The molecule has 0 saturated carbocycles. The molecular formula is C21H26N4O. The lowest BCUT2D eigenvalue weighted by Crippen LogP contribution is -2.18. The molecule has 0 saturated heterocycles. The largest absolute Gasteiger partial charge is 0.494 e. The topological polar surface area (TPSA) is 86.4 Å². The molecule has 0 unspecified atom stereocenters. The number of anilines is 1. The molecule has 0 aliphatic heterocycles. The fourth-order valence-electron chi connectivity index (χ4n) is 3.00. The number of H-pyrrole nitrogens is 1. The van der Waals surface area contributed by atoms with Crippen LogP contribution in [0.2, 0.25) is 0 Å². The van der Waals surface area contributed by atoms with E-state index in [1.165, 1.54) is 5.56 Å². The quantitative estimate of drug-likeness (QED) is 0.394. The van der Waals surface area contributed by atoms with Crippen molar-refractivity contribution in [1.29, 1.82) is 0 Å². The Morgan fingerprint density at radius 2 is 1.92 bits per heavy atom. The SMILES string of the molecule is CC(=Nc1ccc(CNCC(C)C)cc1)c1c(O)[nH]c2ccc(N)cc12. The number of hydrogen-bond acceptors (Lipinski definition) is 4. The summed E-state index contributed by atoms with van der Waals surface area (Å²) in [6.07, 6.45) is 0. The molecule has 3 rings (SSSR count). The minimum atomic E-state index is 0.112. The summed E-state index contributed by atoms with van der Waals surface area (Å²) in [5.74, 6) is 0.751. The van der Waals surface area contributed by atoms with Crippen molar-refractivity contribution in [3.63, 3.8) is 0 Å². The van der Waals surface area contributed by atoms with Crippen molar-refractivity contribution in [1.82, 2.24) is 10.3 Å². The lowest BCUT2D eigenvalue weighted by Gasteiger charge is -2.07. The van der Waals surface area contributed by atoms with E-state index in [-0.39, 0.29) is 5.88 Å². The Kier molecular flexibility index (Phi) is 5.28. The zero-order chi connectivity index (χ0) is 18.7. The molecule has 0 spiro atoms. The first kappa shape index (κ1) is 18.0. The van der Waals surface area contributed by atoms with Crippen LogP contribution in [-0.4, -0.2) is 22.3 Å². The van der Waals surface area contributed by atoms with Crippen molar-refractivity contribution in [3.05, 3.63) is 53.6 Å². The average molecular weight is 350 g/mol. The second kappa shape index (κ2) is 7.62. The monoisotopic (exact) mass is 350 g/mol. The molecule has 5 heteroatoms. The van der Waals surface area contributed by atoms with Gasteiger partial charge in [-0.3, -0.25) is 4.99 Å². The second-order valence-electron chi connectivity index (χ2n) is 7.04. The lowest BCUT2D eigenvalue weighted by atomic mass is 10.1. The second-order valence-corrected chi connectivity index (χ2v) is 7.04. The Morgan fingerprint density at radius 1 is 1.19 bits per heavy atom. The molecule has 0 fully saturated rings. The molecule has 1 aromatic heterocycles. The normalized spacial score (nSPS) is 12.2. The molecule has 1 heterocycles. The van der Waals surface area contributed by atoms with Crippen molar-refractivity contribution < 1.29 is 5.11 Å². The van der Waals surface area contributed by atoms with Crippen LogP contribution in [0.1, 0.15) is 31.9 Å². The number of benzene rings is 2. The predicted molar refractivity (Wildman–Crippen MR) is 109 cm³/mol. The van der Waals surface area contributed by atoms with Crippen LogP contribution in [0.25, 0.3) is 10.9 Å². The van der Waals surface area contributed by atoms with Crippen LogP contribution >= 0.6 is 0 Å². The number of aromatic nitrogens is 1. The van der Waals surface area contributed by atoms with Gasteiger partial charge in [0.2, 0.25) is 0 Å². The fourth-order valence-corrected chi connectivity index (χ4v) is 3.00. The molecule has 2 aromatic carbocycles. The van der Waals surface area contributed by atoms with E-state index in [1.807, 2.05) is 31.2 Å². The van der Waals surface area contributed by atoms with Gasteiger partial charge in [-0.15, -0.1) is 0 Å². The van der Waals surface area contributed by atoms with E-state index in [0.29, 0.717) is 17.2 Å². The Bertz CT molecular complexity index is 923. The lowest BCUT2D eigenvalue weighted by molar-refractivity contribution is 0.457. The van der Waals surface area contributed by atoms with Gasteiger partial charge in [0.15, 0.2) is 5.88 Å². The Hall–Kier alpha value is -2.79. The summed E-state index contributed by atoms with van der Waals surface area (Å²) in [6, 6.07) is 13.7. The zero-order valence-electron chi connectivity index (χ0n) is 15.5. The maximum Gasteiger partial charge on any atom is 0.198 e. The molecular weight excluding hydrogens is 324 g/mol. The number of fused-ring (bicyclic) bond motifs is 1. The predicted octanol–water partition coefficient (Wildman–Crippen LogP) is 4.34. The molecule has 0 aliphatic rings. The number of nitrogens with two attached hydrogens (primary N) is 1. The van der Waals surface area contributed by atoms with E-state index in [0.717, 1.165) is 35.4 Å². The van der Waals surface area contributed by atoms with Crippen LogP contribution in [0.3, 0.4) is 0 Å². The van der Waals surface area contributed by atoms with Gasteiger partial charge < -0.3 is 21.1 Å². The summed E-state index contributed by atoms with van der Waals surface area (Å²) in [4.78, 5) is 7.64. The molecule has 5 N–H and O–H groups in total. The highest BCUT2D eigenvalue weighted by molar-refractivity contribution is 6.13. The summed E-state index contributed by atoms with van der Waals surface area (Å²) in [6.45, 7) is 8.14. The van der Waals surface area contributed by atoms with Crippen LogP contribution in [0.5, 0.6) is 5.88 Å². The van der Waals surface area contributed by atoms with E-state index >= 15 is 0 Å². The third kappa shape index (κ3) is 4.06. The fraction of sp³-hybridized carbons (Fsp3) is 0.286. The third-order valence-corrected chi connectivity index (χ3v) is 4.28. The van der Waals surface area contributed by atoms with E-state index in [1.54, 1.807) is 6.07 Å². The maximum atomic E-state index is 10.3. The Labute approximate surface area is 154 Å². The minimum Gasteiger partial charge on any atom is -0.494 e. The van der Waals surface area contributed by atoms with Gasteiger partial charge in [-0.05, 0) is 55.3 Å². The van der Waals surface area contributed by atoms with Crippen molar-refractivity contribution in [2.45, 2.75) is 27.3 Å². The van der Waals surface area contributed by atoms with Gasteiger partial charge in [0.05, 0.1) is 17.0 Å². The maximum absolute atomic E-state index is 10.3. The highest BCUT2D eigenvalue weighted by Gasteiger charge is 2.13. The smallest absolute Gasteiger partial charge is 0.198 e. The third-order valence-electron chi connectivity index (χ3n) is 4.28. The first-order chi connectivity index (χ1) is 12.4. The molecule has 26 heavy (non-hydrogen) atoms. The van der Waals surface area contributed by atoms with E-state index in [2.05, 4.69) is 41.3 Å². The van der Waals surface area contributed by atoms with Crippen LogP contribution in [-0.2, 0) is 6.54 Å². The Balaban J connectivity index is 1.82. The number of hydrogen-bond donors (Lipinski definition) is 4. The number of nitrogens with one attached hydrogen (secondary N) is 2. The first-order valence-electron chi connectivity index (χ1n) is 8.89. The molecule has 0 aliphatic carbocycles. The van der Waals surface area contributed by atoms with Crippen LogP contribution in [0, 0.1) is 5.92 Å². The number of aromatic amines is 1. The number of rotatable bonds is 6. The molecule has 0 radical (unpaired) electrons. The van der Waals surface area contributed by atoms with Crippen molar-refractivity contribution in [2.24, 2.45) is 10.9 Å². The molecule has 0 amide bonds. The van der Waals surface area contributed by atoms with Crippen molar-refractivity contribution in [2.75, 3.05) is 12.3 Å². The summed E-state index contributed by atoms with van der Waals surface area (Å²) < 4.78 is 0. The standard InChI is InChI=1S/C21H26N4O/c1-13(2)11-23-12-15-4-7-17(8-5-15)24-14(3)20-18-10-16(22)6-9-19(18)25-21(20)26/h4-10,13,23,25-26H,11-12,22H2,1-3H3. The molecule has 136 valence electrons. The van der Waals surface area contributed by atoms with Gasteiger partial charge in [-0.2, -0.15) is 0 Å². The van der Waals surface area contributed by atoms with Gasteiger partial charge >= 0.3 is 0 Å². The highest BCUT2D eigenvalue weighted by Crippen LogP contribution is 2.30. The number of aliphatic imine (C=N–C) groups is 1. The minimum absolute atomic E-state index is 0.112. The van der Waals surface area contributed by atoms with Gasteiger partial charge in [0.25, 0.3) is 0 Å². The van der Waals surface area contributed by atoms with Crippen LogP contribution < -0.4 is 11.1 Å². The van der Waals surface area contributed by atoms with Crippen LogP contribution in [0.4, 0.5) is 11.4 Å². The summed E-state index contributed by atoms with van der Waals surface area (Å²) in [5, 5.41) is 14.6. The number of aromatic hydroxyl groups is 1. The van der Waals surface area contributed by atoms with Gasteiger partial charge in [-0.1, -0.05) is 26.0 Å². The first-order valence-corrected chi connectivity index (χ1v) is 8.89. The molecule has 0 bridgehead atoms. The highest BCUT2D eigenvalue weighted by atomic mass is 16.3. The molecule has 0 atom stereocenters. The van der Waals surface area contributed by atoms with E-state index in [9.17, 15) is 5.11 Å². The van der Waals surface area contributed by atoms with Gasteiger partial charge in [0.1, 0.15) is 0 Å².